The van der Waals surface area contributed by atoms with Gasteiger partial charge in [-0.3, -0.25) is 14.5 Å². The van der Waals surface area contributed by atoms with E-state index in [-0.39, 0.29) is 25.0 Å². The van der Waals surface area contributed by atoms with Gasteiger partial charge in [-0.1, -0.05) is 53.9 Å². The first-order chi connectivity index (χ1) is 16.7. The van der Waals surface area contributed by atoms with Gasteiger partial charge in [-0.15, -0.1) is 5.92 Å². The van der Waals surface area contributed by atoms with Crippen LogP contribution in [0.2, 0.25) is 0 Å². The normalized spacial score (nSPS) is 14.6. The molecule has 4 rings (SSSR count). The molecule has 0 radical (unpaired) electrons. The molecule has 178 valence electrons. The van der Waals surface area contributed by atoms with Gasteiger partial charge in [-0.25, -0.2) is 0 Å². The predicted molar refractivity (Wildman–Crippen MR) is 138 cm³/mol. The number of rotatable bonds is 7. The Morgan fingerprint density at radius 3 is 2.31 bits per heavy atom. The molecule has 0 aliphatic carbocycles. The van der Waals surface area contributed by atoms with Crippen LogP contribution in [0.5, 0.6) is 5.75 Å². The molecule has 0 aromatic heterocycles. The van der Waals surface area contributed by atoms with Crippen LogP contribution < -0.4 is 9.64 Å². The summed E-state index contributed by atoms with van der Waals surface area (Å²) in [5.74, 6) is 5.07. The summed E-state index contributed by atoms with van der Waals surface area (Å²) < 4.78 is 5.97. The Hall–Kier alpha value is -4.04. The van der Waals surface area contributed by atoms with E-state index in [4.69, 9.17) is 9.84 Å². The topological polar surface area (TPSA) is 66.8 Å². The lowest BCUT2D eigenvalue weighted by Gasteiger charge is -2.21. The monoisotopic (exact) mass is 467 g/mol. The average molecular weight is 468 g/mol. The number of hydrogen-bond donors (Lipinski definition) is 1. The number of nitrogens with zero attached hydrogens (tertiary/aromatic N) is 1. The number of hydrogen-bond acceptors (Lipinski definition) is 3. The molecule has 3 aromatic carbocycles. The van der Waals surface area contributed by atoms with Crippen molar-refractivity contribution in [2.75, 3.05) is 11.6 Å². The molecular weight excluding hydrogens is 438 g/mol. The summed E-state index contributed by atoms with van der Waals surface area (Å²) in [6.45, 7) is 7.74. The zero-order valence-corrected chi connectivity index (χ0v) is 20.5. The molecule has 35 heavy (non-hydrogen) atoms. The molecule has 1 N–H and O–H groups in total. The van der Waals surface area contributed by atoms with E-state index in [1.54, 1.807) is 24.0 Å². The largest absolute Gasteiger partial charge is 0.481 e. The Morgan fingerprint density at radius 2 is 1.69 bits per heavy atom. The Kier molecular flexibility index (Phi) is 6.66. The number of carbonyl (C=O) groups excluding carboxylic acids is 1. The summed E-state index contributed by atoms with van der Waals surface area (Å²) in [5.41, 5.74) is 5.39. The summed E-state index contributed by atoms with van der Waals surface area (Å²) >= 11 is 0. The van der Waals surface area contributed by atoms with E-state index in [1.165, 1.54) is 5.56 Å². The second-order valence-electron chi connectivity index (χ2n) is 9.34. The minimum atomic E-state index is -0.891. The van der Waals surface area contributed by atoms with Crippen molar-refractivity contribution in [2.45, 2.75) is 45.4 Å². The van der Waals surface area contributed by atoms with E-state index in [9.17, 15) is 9.59 Å². The van der Waals surface area contributed by atoms with Gasteiger partial charge in [0.25, 0.3) is 0 Å². The van der Waals surface area contributed by atoms with E-state index < -0.39 is 11.4 Å². The number of fused-ring (bicyclic) bond motifs is 1. The molecule has 0 spiro atoms. The molecular formula is C30H29NO4. The maximum absolute atomic E-state index is 13.3. The number of carboxylic acids is 1. The van der Waals surface area contributed by atoms with Gasteiger partial charge in [0.05, 0.1) is 23.4 Å². The summed E-state index contributed by atoms with van der Waals surface area (Å²) in [5, 5.41) is 9.14. The first kappa shape index (κ1) is 24.1. The molecule has 1 aliphatic rings. The second-order valence-corrected chi connectivity index (χ2v) is 9.34. The highest BCUT2D eigenvalue weighted by molar-refractivity contribution is 6.07. The van der Waals surface area contributed by atoms with E-state index in [1.807, 2.05) is 38.1 Å². The van der Waals surface area contributed by atoms with Crippen LogP contribution in [0.4, 0.5) is 5.69 Å². The SMILES string of the molecule is CC#CC(CC(=O)O)c1ccc(OCN2C(=O)C(C)(C)c3cc(-c4ccc(C)cc4)ccc32)cc1. The van der Waals surface area contributed by atoms with Crippen molar-refractivity contribution < 1.29 is 19.4 Å². The number of aliphatic carboxylic acids is 1. The van der Waals surface area contributed by atoms with Gasteiger partial charge in [-0.05, 0) is 74.2 Å². The van der Waals surface area contributed by atoms with E-state index in [0.717, 1.165) is 27.9 Å². The van der Waals surface area contributed by atoms with Crippen LogP contribution in [-0.4, -0.2) is 23.7 Å². The number of ether oxygens (including phenoxy) is 1. The van der Waals surface area contributed by atoms with Gasteiger partial charge in [0, 0.05) is 0 Å². The van der Waals surface area contributed by atoms with Gasteiger partial charge in [0.1, 0.15) is 5.75 Å². The van der Waals surface area contributed by atoms with Crippen molar-refractivity contribution in [3.8, 4) is 28.7 Å². The maximum Gasteiger partial charge on any atom is 0.304 e. The third-order valence-electron chi connectivity index (χ3n) is 6.47. The highest BCUT2D eigenvalue weighted by Crippen LogP contribution is 2.43. The van der Waals surface area contributed by atoms with Crippen molar-refractivity contribution in [1.82, 2.24) is 0 Å². The zero-order chi connectivity index (χ0) is 25.2. The molecule has 3 aromatic rings. The summed E-state index contributed by atoms with van der Waals surface area (Å²) in [6, 6.07) is 21.7. The third kappa shape index (κ3) is 4.93. The third-order valence-corrected chi connectivity index (χ3v) is 6.47. The van der Waals surface area contributed by atoms with Gasteiger partial charge in [0.15, 0.2) is 6.73 Å². The van der Waals surface area contributed by atoms with Crippen molar-refractivity contribution >= 4 is 17.6 Å². The number of aryl methyl sites for hydroxylation is 1. The van der Waals surface area contributed by atoms with Crippen molar-refractivity contribution in [3.05, 3.63) is 83.4 Å². The van der Waals surface area contributed by atoms with Gasteiger partial charge < -0.3 is 9.84 Å². The van der Waals surface area contributed by atoms with Crippen LogP contribution in [0.25, 0.3) is 11.1 Å². The number of amides is 1. The van der Waals surface area contributed by atoms with Gasteiger partial charge in [0.2, 0.25) is 5.91 Å². The lowest BCUT2D eigenvalue weighted by molar-refractivity contribution is -0.137. The standard InChI is InChI=1S/C30H29NO4/c1-5-6-23(18-28(32)33)22-11-14-25(15-12-22)35-19-31-27-16-13-24(21-9-7-20(2)8-10-21)17-26(27)30(3,4)29(31)34/h7-17,23H,18-19H2,1-4H3,(H,32,33). The number of carbonyl (C=O) groups is 2. The van der Waals surface area contributed by atoms with E-state index >= 15 is 0 Å². The fourth-order valence-electron chi connectivity index (χ4n) is 4.42. The van der Waals surface area contributed by atoms with Crippen LogP contribution in [0.15, 0.2) is 66.7 Å². The van der Waals surface area contributed by atoms with Crippen molar-refractivity contribution in [1.29, 1.82) is 0 Å². The highest BCUT2D eigenvalue weighted by atomic mass is 16.5. The van der Waals surface area contributed by atoms with Crippen LogP contribution in [0.3, 0.4) is 0 Å². The van der Waals surface area contributed by atoms with Crippen LogP contribution >= 0.6 is 0 Å². The number of carboxylic acid groups (broad SMARTS) is 1. The molecule has 0 bridgehead atoms. The molecule has 0 saturated heterocycles. The van der Waals surface area contributed by atoms with Crippen LogP contribution in [0.1, 0.15) is 49.8 Å². The first-order valence-electron chi connectivity index (χ1n) is 11.6. The van der Waals surface area contributed by atoms with Gasteiger partial charge in [-0.2, -0.15) is 0 Å². The minimum Gasteiger partial charge on any atom is -0.481 e. The Labute approximate surface area is 206 Å². The molecule has 1 unspecified atom stereocenters. The average Bonchev–Trinajstić information content (AvgIpc) is 3.03. The first-order valence-corrected chi connectivity index (χ1v) is 11.6. The van der Waals surface area contributed by atoms with Crippen molar-refractivity contribution in [2.24, 2.45) is 0 Å². The Bertz CT molecular complexity index is 1310. The molecule has 0 saturated carbocycles. The summed E-state index contributed by atoms with van der Waals surface area (Å²) in [4.78, 5) is 26.1. The van der Waals surface area contributed by atoms with Crippen LogP contribution in [-0.2, 0) is 15.0 Å². The predicted octanol–water partition coefficient (Wildman–Crippen LogP) is 5.90. The summed E-state index contributed by atoms with van der Waals surface area (Å²) in [6.07, 6.45) is -0.0558. The lowest BCUT2D eigenvalue weighted by Crippen LogP contribution is -2.38. The smallest absolute Gasteiger partial charge is 0.304 e. The molecule has 1 heterocycles. The van der Waals surface area contributed by atoms with E-state index in [2.05, 4.69) is 49.1 Å². The fraction of sp³-hybridized carbons (Fsp3) is 0.267. The molecule has 1 aliphatic heterocycles. The van der Waals surface area contributed by atoms with Crippen molar-refractivity contribution in [3.63, 3.8) is 0 Å². The number of anilines is 1. The molecule has 1 atom stereocenters. The zero-order valence-electron chi connectivity index (χ0n) is 20.5. The Morgan fingerprint density at radius 1 is 1.03 bits per heavy atom. The molecule has 5 heteroatoms. The lowest BCUT2D eigenvalue weighted by atomic mass is 9.84. The fourth-order valence-corrected chi connectivity index (χ4v) is 4.42. The maximum atomic E-state index is 13.3. The summed E-state index contributed by atoms with van der Waals surface area (Å²) in [7, 11) is 0. The number of benzene rings is 3. The van der Waals surface area contributed by atoms with E-state index in [0.29, 0.717) is 5.75 Å². The second kappa shape index (κ2) is 9.68. The Balaban J connectivity index is 1.53. The molecule has 0 fully saturated rings. The van der Waals surface area contributed by atoms with Gasteiger partial charge >= 0.3 is 5.97 Å². The molecule has 5 nitrogen and oxygen atoms in total. The minimum absolute atomic E-state index is 0.00933. The van der Waals surface area contributed by atoms with Crippen LogP contribution in [0, 0.1) is 18.8 Å². The highest BCUT2D eigenvalue weighted by Gasteiger charge is 2.44. The molecule has 1 amide bonds. The quantitative estimate of drug-likeness (QED) is 0.439.